The molecule has 0 saturated carbocycles. The Morgan fingerprint density at radius 3 is 2.70 bits per heavy atom. The van der Waals surface area contributed by atoms with E-state index in [2.05, 4.69) is 23.5 Å². The Bertz CT molecular complexity index is 691. The first-order chi connectivity index (χ1) is 11.2. The zero-order valence-electron chi connectivity index (χ0n) is 13.6. The fourth-order valence-electron chi connectivity index (χ4n) is 3.23. The Labute approximate surface area is 137 Å². The smallest absolute Gasteiger partial charge is 0.251 e. The first kappa shape index (κ1) is 15.8. The second-order valence-electron chi connectivity index (χ2n) is 6.42. The summed E-state index contributed by atoms with van der Waals surface area (Å²) in [6.45, 7) is 2.71. The van der Waals surface area contributed by atoms with Crippen molar-refractivity contribution in [3.05, 3.63) is 70.3 Å². The van der Waals surface area contributed by atoms with Gasteiger partial charge >= 0.3 is 0 Å². The Hall–Kier alpha value is -2.13. The van der Waals surface area contributed by atoms with Crippen molar-refractivity contribution in [3.63, 3.8) is 0 Å². The summed E-state index contributed by atoms with van der Waals surface area (Å²) in [6.07, 6.45) is 3.86. The monoisotopic (exact) mass is 308 g/mol. The third-order valence-corrected chi connectivity index (χ3v) is 4.58. The molecule has 120 valence electrons. The summed E-state index contributed by atoms with van der Waals surface area (Å²) < 4.78 is 0. The third-order valence-electron chi connectivity index (χ3n) is 4.58. The Balaban J connectivity index is 1.65. The predicted molar refractivity (Wildman–Crippen MR) is 93.7 cm³/mol. The maximum Gasteiger partial charge on any atom is 0.251 e. The number of hydrogen-bond acceptors (Lipinski definition) is 2. The summed E-state index contributed by atoms with van der Waals surface area (Å²) in [5.41, 5.74) is 11.6. The molecule has 3 heteroatoms. The number of benzene rings is 2. The van der Waals surface area contributed by atoms with Crippen LogP contribution in [0.3, 0.4) is 0 Å². The van der Waals surface area contributed by atoms with Gasteiger partial charge in [0.05, 0.1) is 0 Å². The fourth-order valence-corrected chi connectivity index (χ4v) is 3.23. The lowest BCUT2D eigenvalue weighted by molar-refractivity contribution is 0.0933. The zero-order valence-corrected chi connectivity index (χ0v) is 13.6. The van der Waals surface area contributed by atoms with E-state index >= 15 is 0 Å². The molecule has 1 aliphatic carbocycles. The van der Waals surface area contributed by atoms with Crippen molar-refractivity contribution in [1.29, 1.82) is 0 Å². The predicted octanol–water partition coefficient (Wildman–Crippen LogP) is 2.78. The number of nitrogens with one attached hydrogen (secondary N) is 1. The summed E-state index contributed by atoms with van der Waals surface area (Å²) in [6, 6.07) is 14.6. The number of fused-ring (bicyclic) bond motifs is 1. The second-order valence-corrected chi connectivity index (χ2v) is 6.42. The minimum Gasteiger partial charge on any atom is -0.349 e. The topological polar surface area (TPSA) is 55.1 Å². The number of aryl methyl sites for hydroxylation is 2. The van der Waals surface area contributed by atoms with E-state index in [0.29, 0.717) is 6.54 Å². The van der Waals surface area contributed by atoms with Gasteiger partial charge in [-0.1, -0.05) is 35.9 Å². The molecule has 1 atom stereocenters. The molecule has 0 bridgehead atoms. The lowest BCUT2D eigenvalue weighted by atomic mass is 9.86. The first-order valence-corrected chi connectivity index (χ1v) is 8.34. The SMILES string of the molecule is Cc1ccc(C(=O)NC2CCc3cc(CCN)ccc3C2)cc1. The van der Waals surface area contributed by atoms with Crippen molar-refractivity contribution in [2.24, 2.45) is 5.73 Å². The summed E-state index contributed by atoms with van der Waals surface area (Å²) in [7, 11) is 0. The molecular formula is C20H24N2O. The van der Waals surface area contributed by atoms with Crippen LogP contribution in [-0.4, -0.2) is 18.5 Å². The van der Waals surface area contributed by atoms with Crippen molar-refractivity contribution in [1.82, 2.24) is 5.32 Å². The van der Waals surface area contributed by atoms with Crippen LogP contribution in [0, 0.1) is 6.92 Å². The van der Waals surface area contributed by atoms with Crippen LogP contribution < -0.4 is 11.1 Å². The van der Waals surface area contributed by atoms with Crippen LogP contribution in [0.5, 0.6) is 0 Å². The lowest BCUT2D eigenvalue weighted by Gasteiger charge is -2.26. The highest BCUT2D eigenvalue weighted by Crippen LogP contribution is 2.23. The van der Waals surface area contributed by atoms with Crippen molar-refractivity contribution in [2.75, 3.05) is 6.54 Å². The van der Waals surface area contributed by atoms with E-state index in [0.717, 1.165) is 31.2 Å². The molecule has 1 aliphatic rings. The van der Waals surface area contributed by atoms with Gasteiger partial charge in [-0.05, 0) is 68.0 Å². The quantitative estimate of drug-likeness (QED) is 0.912. The summed E-state index contributed by atoms with van der Waals surface area (Å²) in [4.78, 5) is 12.4. The first-order valence-electron chi connectivity index (χ1n) is 8.34. The molecule has 3 nitrogen and oxygen atoms in total. The van der Waals surface area contributed by atoms with Gasteiger partial charge < -0.3 is 11.1 Å². The van der Waals surface area contributed by atoms with Crippen LogP contribution in [0.1, 0.15) is 39.0 Å². The van der Waals surface area contributed by atoms with Crippen LogP contribution >= 0.6 is 0 Å². The number of rotatable bonds is 4. The molecule has 3 rings (SSSR count). The van der Waals surface area contributed by atoms with Crippen LogP contribution in [0.15, 0.2) is 42.5 Å². The highest BCUT2D eigenvalue weighted by molar-refractivity contribution is 5.94. The van der Waals surface area contributed by atoms with E-state index in [1.165, 1.54) is 22.3 Å². The number of carbonyl (C=O) groups excluding carboxylic acids is 1. The third kappa shape index (κ3) is 3.80. The largest absolute Gasteiger partial charge is 0.349 e. The summed E-state index contributed by atoms with van der Waals surface area (Å²) in [5, 5.41) is 3.18. The number of amides is 1. The van der Waals surface area contributed by atoms with Crippen LogP contribution in [0.25, 0.3) is 0 Å². The van der Waals surface area contributed by atoms with Crippen molar-refractivity contribution < 1.29 is 4.79 Å². The Morgan fingerprint density at radius 2 is 1.96 bits per heavy atom. The minimum atomic E-state index is 0.0261. The molecule has 0 heterocycles. The molecule has 23 heavy (non-hydrogen) atoms. The van der Waals surface area contributed by atoms with Gasteiger partial charge in [0.25, 0.3) is 5.91 Å². The molecule has 0 fully saturated rings. The number of hydrogen-bond donors (Lipinski definition) is 2. The molecule has 0 radical (unpaired) electrons. The molecule has 0 saturated heterocycles. The highest BCUT2D eigenvalue weighted by atomic mass is 16.1. The maximum atomic E-state index is 12.4. The average Bonchev–Trinajstić information content (AvgIpc) is 2.56. The normalized spacial score (nSPS) is 16.7. The van der Waals surface area contributed by atoms with Gasteiger partial charge in [-0.2, -0.15) is 0 Å². The molecule has 0 aromatic heterocycles. The van der Waals surface area contributed by atoms with E-state index in [9.17, 15) is 4.79 Å². The maximum absolute atomic E-state index is 12.4. The van der Waals surface area contributed by atoms with Crippen LogP contribution in [-0.2, 0) is 19.3 Å². The van der Waals surface area contributed by atoms with Crippen LogP contribution in [0.2, 0.25) is 0 Å². The average molecular weight is 308 g/mol. The van der Waals surface area contributed by atoms with Gasteiger partial charge in [-0.25, -0.2) is 0 Å². The second kappa shape index (κ2) is 6.97. The van der Waals surface area contributed by atoms with Crippen molar-refractivity contribution in [3.8, 4) is 0 Å². The van der Waals surface area contributed by atoms with E-state index in [-0.39, 0.29) is 11.9 Å². The minimum absolute atomic E-state index is 0.0261. The molecular weight excluding hydrogens is 284 g/mol. The van der Waals surface area contributed by atoms with E-state index in [1.54, 1.807) is 0 Å². The fraction of sp³-hybridized carbons (Fsp3) is 0.350. The number of carbonyl (C=O) groups is 1. The van der Waals surface area contributed by atoms with E-state index < -0.39 is 0 Å². The van der Waals surface area contributed by atoms with Crippen molar-refractivity contribution >= 4 is 5.91 Å². The molecule has 2 aromatic carbocycles. The zero-order chi connectivity index (χ0) is 16.2. The van der Waals surface area contributed by atoms with Gasteiger partial charge in [0, 0.05) is 11.6 Å². The Kier molecular flexibility index (Phi) is 4.77. The standard InChI is InChI=1S/C20H24N2O/c1-14-2-5-16(6-3-14)20(23)22-19-9-8-17-12-15(10-11-21)4-7-18(17)13-19/h2-7,12,19H,8-11,13,21H2,1H3,(H,22,23). The number of nitrogens with two attached hydrogens (primary N) is 1. The summed E-state index contributed by atoms with van der Waals surface area (Å²) >= 11 is 0. The molecule has 1 unspecified atom stereocenters. The van der Waals surface area contributed by atoms with Gasteiger partial charge in [0.15, 0.2) is 0 Å². The lowest BCUT2D eigenvalue weighted by Crippen LogP contribution is -2.38. The Morgan fingerprint density at radius 1 is 1.17 bits per heavy atom. The molecule has 2 aromatic rings. The molecule has 0 aliphatic heterocycles. The summed E-state index contributed by atoms with van der Waals surface area (Å²) in [5.74, 6) is 0.0261. The molecule has 1 amide bonds. The van der Waals surface area contributed by atoms with Gasteiger partial charge in [0.2, 0.25) is 0 Å². The van der Waals surface area contributed by atoms with Crippen LogP contribution in [0.4, 0.5) is 0 Å². The molecule has 3 N–H and O–H groups in total. The van der Waals surface area contributed by atoms with Gasteiger partial charge in [-0.15, -0.1) is 0 Å². The van der Waals surface area contributed by atoms with Gasteiger partial charge in [0.1, 0.15) is 0 Å². The van der Waals surface area contributed by atoms with E-state index in [4.69, 9.17) is 5.73 Å². The van der Waals surface area contributed by atoms with Crippen molar-refractivity contribution in [2.45, 2.75) is 38.6 Å². The highest BCUT2D eigenvalue weighted by Gasteiger charge is 2.20. The van der Waals surface area contributed by atoms with E-state index in [1.807, 2.05) is 31.2 Å². The van der Waals surface area contributed by atoms with Gasteiger partial charge in [-0.3, -0.25) is 4.79 Å². The molecule has 0 spiro atoms.